The zero-order chi connectivity index (χ0) is 10.7. The van der Waals surface area contributed by atoms with Crippen molar-refractivity contribution in [3.05, 3.63) is 35.4 Å². The predicted molar refractivity (Wildman–Crippen MR) is 56.2 cm³/mol. The fourth-order valence-corrected chi connectivity index (χ4v) is 1.47. The van der Waals surface area contributed by atoms with Crippen LogP contribution < -0.4 is 5.32 Å². The third kappa shape index (κ3) is 2.35. The molecule has 1 aromatic rings. The van der Waals surface area contributed by atoms with Crippen LogP contribution in [0, 0.1) is 11.3 Å². The van der Waals surface area contributed by atoms with E-state index < -0.39 is 0 Å². The molecule has 1 N–H and O–H groups in total. The zero-order valence-electron chi connectivity index (χ0n) is 8.36. The van der Waals surface area contributed by atoms with E-state index in [1.807, 2.05) is 18.2 Å². The summed E-state index contributed by atoms with van der Waals surface area (Å²) in [7, 11) is 0. The number of nitriles is 1. The molecule has 0 bridgehead atoms. The third-order valence-electron chi connectivity index (χ3n) is 2.44. The molecule has 3 heteroatoms. The van der Waals surface area contributed by atoms with Crippen LogP contribution in [0.4, 0.5) is 0 Å². The molecule has 1 aliphatic carbocycles. The van der Waals surface area contributed by atoms with Gasteiger partial charge >= 0.3 is 0 Å². The Labute approximate surface area is 88.7 Å². The van der Waals surface area contributed by atoms with Crippen LogP contribution in [0.15, 0.2) is 24.3 Å². The van der Waals surface area contributed by atoms with Gasteiger partial charge in [-0.3, -0.25) is 4.79 Å². The molecule has 0 heterocycles. The van der Waals surface area contributed by atoms with Crippen LogP contribution in [0.1, 0.15) is 28.8 Å². The Bertz CT molecular complexity index is 416. The summed E-state index contributed by atoms with van der Waals surface area (Å²) in [6, 6.07) is 9.69. The summed E-state index contributed by atoms with van der Waals surface area (Å²) >= 11 is 0. The van der Waals surface area contributed by atoms with Crippen molar-refractivity contribution in [3.63, 3.8) is 0 Å². The second-order valence-corrected chi connectivity index (χ2v) is 3.74. The molecular formula is C12H12N2O. The summed E-state index contributed by atoms with van der Waals surface area (Å²) in [5.41, 5.74) is 1.43. The molecule has 0 aromatic heterocycles. The SMILES string of the molecule is N#CCc1ccccc1C(=O)NC1CC1. The van der Waals surface area contributed by atoms with Crippen molar-refractivity contribution in [1.82, 2.24) is 5.32 Å². The van der Waals surface area contributed by atoms with Gasteiger partial charge in [0, 0.05) is 11.6 Å². The monoisotopic (exact) mass is 200 g/mol. The third-order valence-corrected chi connectivity index (χ3v) is 2.44. The van der Waals surface area contributed by atoms with Gasteiger partial charge in [0.25, 0.3) is 5.91 Å². The molecule has 3 nitrogen and oxygen atoms in total. The number of nitrogens with zero attached hydrogens (tertiary/aromatic N) is 1. The molecule has 1 amide bonds. The molecule has 1 saturated carbocycles. The summed E-state index contributed by atoms with van der Waals surface area (Å²) < 4.78 is 0. The largest absolute Gasteiger partial charge is 0.349 e. The Morgan fingerprint density at radius 2 is 2.20 bits per heavy atom. The molecular weight excluding hydrogens is 188 g/mol. The van der Waals surface area contributed by atoms with E-state index in [4.69, 9.17) is 5.26 Å². The lowest BCUT2D eigenvalue weighted by atomic mass is 10.0. The van der Waals surface area contributed by atoms with Crippen molar-refractivity contribution in [3.8, 4) is 6.07 Å². The Hall–Kier alpha value is -1.82. The molecule has 0 radical (unpaired) electrons. The number of nitrogens with one attached hydrogen (secondary N) is 1. The zero-order valence-corrected chi connectivity index (χ0v) is 8.36. The van der Waals surface area contributed by atoms with Gasteiger partial charge in [-0.15, -0.1) is 0 Å². The number of carbonyl (C=O) groups is 1. The van der Waals surface area contributed by atoms with E-state index in [0.29, 0.717) is 11.6 Å². The standard InChI is InChI=1S/C12H12N2O/c13-8-7-9-3-1-2-4-11(9)12(15)14-10-5-6-10/h1-4,10H,5-7H2,(H,14,15). The average molecular weight is 200 g/mol. The molecule has 0 saturated heterocycles. The second kappa shape index (κ2) is 4.14. The first-order valence-electron chi connectivity index (χ1n) is 5.07. The van der Waals surface area contributed by atoms with E-state index in [2.05, 4.69) is 11.4 Å². The molecule has 15 heavy (non-hydrogen) atoms. The predicted octanol–water partition coefficient (Wildman–Crippen LogP) is 1.64. The smallest absolute Gasteiger partial charge is 0.251 e. The van der Waals surface area contributed by atoms with Crippen LogP contribution in [0.3, 0.4) is 0 Å². The van der Waals surface area contributed by atoms with E-state index >= 15 is 0 Å². The summed E-state index contributed by atoms with van der Waals surface area (Å²) in [6.45, 7) is 0. The van der Waals surface area contributed by atoms with Crippen molar-refractivity contribution >= 4 is 5.91 Å². The van der Waals surface area contributed by atoms with Crippen LogP contribution in [0.2, 0.25) is 0 Å². The number of benzene rings is 1. The van der Waals surface area contributed by atoms with Crippen molar-refractivity contribution < 1.29 is 4.79 Å². The van der Waals surface area contributed by atoms with Crippen molar-refractivity contribution in [2.45, 2.75) is 25.3 Å². The maximum Gasteiger partial charge on any atom is 0.251 e. The minimum atomic E-state index is -0.0525. The van der Waals surface area contributed by atoms with Crippen LogP contribution in [0.25, 0.3) is 0 Å². The number of hydrogen-bond donors (Lipinski definition) is 1. The summed E-state index contributed by atoms with van der Waals surface area (Å²) in [5, 5.41) is 11.6. The maximum absolute atomic E-state index is 11.8. The van der Waals surface area contributed by atoms with Crippen molar-refractivity contribution in [1.29, 1.82) is 5.26 Å². The Balaban J connectivity index is 2.17. The Morgan fingerprint density at radius 3 is 2.87 bits per heavy atom. The molecule has 1 fully saturated rings. The minimum Gasteiger partial charge on any atom is -0.349 e. The fraction of sp³-hybridized carbons (Fsp3) is 0.333. The number of rotatable bonds is 3. The quantitative estimate of drug-likeness (QED) is 0.806. The van der Waals surface area contributed by atoms with E-state index in [0.717, 1.165) is 18.4 Å². The molecule has 0 atom stereocenters. The molecule has 0 unspecified atom stereocenters. The fourth-order valence-electron chi connectivity index (χ4n) is 1.47. The first-order chi connectivity index (χ1) is 7.31. The normalized spacial score (nSPS) is 14.3. The highest BCUT2D eigenvalue weighted by Gasteiger charge is 2.24. The number of amides is 1. The van der Waals surface area contributed by atoms with Gasteiger partial charge < -0.3 is 5.32 Å². The Morgan fingerprint density at radius 1 is 1.47 bits per heavy atom. The highest BCUT2D eigenvalue weighted by molar-refractivity contribution is 5.96. The molecule has 0 spiro atoms. The van der Waals surface area contributed by atoms with Gasteiger partial charge in [0.2, 0.25) is 0 Å². The average Bonchev–Trinajstić information content (AvgIpc) is 3.03. The first kappa shape index (κ1) is 9.72. The molecule has 1 aliphatic rings. The highest BCUT2D eigenvalue weighted by Crippen LogP contribution is 2.20. The molecule has 1 aromatic carbocycles. The Kier molecular flexibility index (Phi) is 2.68. The second-order valence-electron chi connectivity index (χ2n) is 3.74. The van der Waals surface area contributed by atoms with E-state index in [-0.39, 0.29) is 12.3 Å². The van der Waals surface area contributed by atoms with Crippen LogP contribution in [-0.2, 0) is 6.42 Å². The van der Waals surface area contributed by atoms with Gasteiger partial charge in [-0.2, -0.15) is 5.26 Å². The van der Waals surface area contributed by atoms with Crippen LogP contribution >= 0.6 is 0 Å². The molecule has 76 valence electrons. The van der Waals surface area contributed by atoms with Crippen molar-refractivity contribution in [2.24, 2.45) is 0 Å². The lowest BCUT2D eigenvalue weighted by molar-refractivity contribution is 0.0950. The van der Waals surface area contributed by atoms with Gasteiger partial charge in [0.1, 0.15) is 0 Å². The summed E-state index contributed by atoms with van der Waals surface area (Å²) in [6.07, 6.45) is 2.44. The minimum absolute atomic E-state index is 0.0525. The lowest BCUT2D eigenvalue weighted by Crippen LogP contribution is -2.26. The van der Waals surface area contributed by atoms with E-state index in [9.17, 15) is 4.79 Å². The van der Waals surface area contributed by atoms with E-state index in [1.54, 1.807) is 6.07 Å². The summed E-state index contributed by atoms with van der Waals surface area (Å²) in [4.78, 5) is 11.8. The number of carbonyl (C=O) groups excluding carboxylic acids is 1. The van der Waals surface area contributed by atoms with Gasteiger partial charge in [-0.1, -0.05) is 18.2 Å². The topological polar surface area (TPSA) is 52.9 Å². The number of hydrogen-bond acceptors (Lipinski definition) is 2. The van der Waals surface area contributed by atoms with Gasteiger partial charge in [0.15, 0.2) is 0 Å². The van der Waals surface area contributed by atoms with Crippen LogP contribution in [-0.4, -0.2) is 11.9 Å². The van der Waals surface area contributed by atoms with Crippen LogP contribution in [0.5, 0.6) is 0 Å². The van der Waals surface area contributed by atoms with Gasteiger partial charge in [0.05, 0.1) is 12.5 Å². The molecule has 0 aliphatic heterocycles. The lowest BCUT2D eigenvalue weighted by Gasteiger charge is -2.06. The highest BCUT2D eigenvalue weighted by atomic mass is 16.1. The maximum atomic E-state index is 11.8. The summed E-state index contributed by atoms with van der Waals surface area (Å²) in [5.74, 6) is -0.0525. The van der Waals surface area contributed by atoms with Gasteiger partial charge in [-0.25, -0.2) is 0 Å². The van der Waals surface area contributed by atoms with Crippen molar-refractivity contribution in [2.75, 3.05) is 0 Å². The first-order valence-corrected chi connectivity index (χ1v) is 5.07. The molecule has 2 rings (SSSR count). The van der Waals surface area contributed by atoms with Gasteiger partial charge in [-0.05, 0) is 24.5 Å². The van der Waals surface area contributed by atoms with E-state index in [1.165, 1.54) is 0 Å².